The summed E-state index contributed by atoms with van der Waals surface area (Å²) in [4.78, 5) is 12.5. The SMILES string of the molecule is CCc1ccccc1S(=O)(=O)NC(=O)C1CCC2CC2C1. The fraction of sp³-hybridized carbons (Fsp3) is 0.562. The second kappa shape index (κ2) is 5.44. The predicted molar refractivity (Wildman–Crippen MR) is 80.1 cm³/mol. The van der Waals surface area contributed by atoms with Crippen LogP contribution >= 0.6 is 0 Å². The molecule has 4 nitrogen and oxygen atoms in total. The number of sulfonamides is 1. The van der Waals surface area contributed by atoms with E-state index in [2.05, 4.69) is 4.72 Å². The molecule has 2 aliphatic rings. The maximum atomic E-state index is 12.4. The quantitative estimate of drug-likeness (QED) is 0.929. The molecule has 3 atom stereocenters. The van der Waals surface area contributed by atoms with Gasteiger partial charge in [-0.1, -0.05) is 25.1 Å². The van der Waals surface area contributed by atoms with E-state index in [9.17, 15) is 13.2 Å². The summed E-state index contributed by atoms with van der Waals surface area (Å²) in [7, 11) is -3.76. The third kappa shape index (κ3) is 2.98. The Morgan fingerprint density at radius 1 is 1.19 bits per heavy atom. The van der Waals surface area contributed by atoms with Crippen molar-refractivity contribution >= 4 is 15.9 Å². The molecule has 5 heteroatoms. The molecule has 1 aromatic rings. The topological polar surface area (TPSA) is 63.2 Å². The van der Waals surface area contributed by atoms with Crippen LogP contribution in [0.3, 0.4) is 0 Å². The van der Waals surface area contributed by atoms with Gasteiger partial charge in [-0.25, -0.2) is 13.1 Å². The lowest BCUT2D eigenvalue weighted by Gasteiger charge is -2.20. The standard InChI is InChI=1S/C16H21NO3S/c1-2-11-5-3-4-6-15(11)21(19,20)17-16(18)13-8-7-12-9-14(12)10-13/h3-6,12-14H,2,7-10H2,1H3,(H,17,18). The summed E-state index contributed by atoms with van der Waals surface area (Å²) in [5, 5.41) is 0. The van der Waals surface area contributed by atoms with E-state index in [4.69, 9.17) is 0 Å². The number of carbonyl (C=O) groups is 1. The van der Waals surface area contributed by atoms with Crippen LogP contribution in [0, 0.1) is 17.8 Å². The summed E-state index contributed by atoms with van der Waals surface area (Å²) in [6.07, 6.45) is 4.57. The van der Waals surface area contributed by atoms with E-state index in [1.807, 2.05) is 13.0 Å². The molecule has 1 amide bonds. The molecule has 1 N–H and O–H groups in total. The lowest BCUT2D eigenvalue weighted by atomic mass is 9.89. The van der Waals surface area contributed by atoms with Crippen LogP contribution in [-0.2, 0) is 21.2 Å². The number of carbonyl (C=O) groups excluding carboxylic acids is 1. The van der Waals surface area contributed by atoms with E-state index in [0.29, 0.717) is 12.3 Å². The van der Waals surface area contributed by atoms with Gasteiger partial charge in [-0.2, -0.15) is 0 Å². The minimum Gasteiger partial charge on any atom is -0.274 e. The number of rotatable bonds is 4. The van der Waals surface area contributed by atoms with Crippen LogP contribution in [0.4, 0.5) is 0 Å². The summed E-state index contributed by atoms with van der Waals surface area (Å²) < 4.78 is 27.1. The van der Waals surface area contributed by atoms with Crippen molar-refractivity contribution in [2.24, 2.45) is 17.8 Å². The van der Waals surface area contributed by atoms with E-state index in [-0.39, 0.29) is 16.7 Å². The van der Waals surface area contributed by atoms with Crippen molar-refractivity contribution in [3.8, 4) is 0 Å². The molecule has 2 fully saturated rings. The molecule has 2 saturated carbocycles. The Kier molecular flexibility index (Phi) is 3.78. The Morgan fingerprint density at radius 2 is 1.95 bits per heavy atom. The summed E-state index contributed by atoms with van der Waals surface area (Å²) >= 11 is 0. The van der Waals surface area contributed by atoms with Crippen molar-refractivity contribution in [3.05, 3.63) is 29.8 Å². The zero-order chi connectivity index (χ0) is 15.0. The number of benzene rings is 1. The van der Waals surface area contributed by atoms with Gasteiger partial charge in [-0.05, 0) is 55.6 Å². The van der Waals surface area contributed by atoms with Gasteiger partial charge in [0.1, 0.15) is 0 Å². The van der Waals surface area contributed by atoms with Crippen LogP contribution in [0.2, 0.25) is 0 Å². The molecule has 114 valence electrons. The highest BCUT2D eigenvalue weighted by Gasteiger charge is 2.44. The van der Waals surface area contributed by atoms with Gasteiger partial charge < -0.3 is 0 Å². The number of amides is 1. The molecular weight excluding hydrogens is 286 g/mol. The molecule has 3 unspecified atom stereocenters. The summed E-state index contributed by atoms with van der Waals surface area (Å²) in [6, 6.07) is 6.85. The van der Waals surface area contributed by atoms with Crippen molar-refractivity contribution in [2.75, 3.05) is 0 Å². The van der Waals surface area contributed by atoms with Gasteiger partial charge in [0.25, 0.3) is 10.0 Å². The normalized spacial score (nSPS) is 27.8. The molecule has 3 rings (SSSR count). The Bertz CT molecular complexity index is 653. The minimum absolute atomic E-state index is 0.141. The summed E-state index contributed by atoms with van der Waals surface area (Å²) in [6.45, 7) is 1.91. The first kappa shape index (κ1) is 14.6. The molecule has 0 saturated heterocycles. The van der Waals surface area contributed by atoms with Gasteiger partial charge in [-0.3, -0.25) is 4.79 Å². The maximum Gasteiger partial charge on any atom is 0.264 e. The lowest BCUT2D eigenvalue weighted by Crippen LogP contribution is -2.37. The van der Waals surface area contributed by atoms with Crippen LogP contribution < -0.4 is 4.72 Å². The van der Waals surface area contributed by atoms with Gasteiger partial charge >= 0.3 is 0 Å². The van der Waals surface area contributed by atoms with Crippen LogP contribution in [0.1, 0.15) is 38.2 Å². The van der Waals surface area contributed by atoms with Crippen LogP contribution in [0.25, 0.3) is 0 Å². The first-order chi connectivity index (χ1) is 10.0. The molecule has 0 aromatic heterocycles. The highest BCUT2D eigenvalue weighted by atomic mass is 32.2. The summed E-state index contributed by atoms with van der Waals surface area (Å²) in [5.74, 6) is 0.982. The lowest BCUT2D eigenvalue weighted by molar-refractivity contribution is -0.124. The molecule has 0 bridgehead atoms. The number of fused-ring (bicyclic) bond motifs is 1. The van der Waals surface area contributed by atoms with E-state index in [1.165, 1.54) is 6.42 Å². The Balaban J connectivity index is 1.74. The predicted octanol–water partition coefficient (Wildman–Crippen LogP) is 2.49. The van der Waals surface area contributed by atoms with Crippen LogP contribution in [0.15, 0.2) is 29.2 Å². The van der Waals surface area contributed by atoms with Gasteiger partial charge in [0.15, 0.2) is 0 Å². The molecule has 2 aliphatic carbocycles. The number of hydrogen-bond acceptors (Lipinski definition) is 3. The zero-order valence-electron chi connectivity index (χ0n) is 12.2. The Hall–Kier alpha value is -1.36. The number of nitrogens with one attached hydrogen (secondary N) is 1. The van der Waals surface area contributed by atoms with Gasteiger partial charge in [0, 0.05) is 5.92 Å². The first-order valence-electron chi connectivity index (χ1n) is 7.66. The second-order valence-corrected chi connectivity index (χ2v) is 7.85. The van der Waals surface area contributed by atoms with Gasteiger partial charge in [-0.15, -0.1) is 0 Å². The van der Waals surface area contributed by atoms with Crippen LogP contribution in [-0.4, -0.2) is 14.3 Å². The zero-order valence-corrected chi connectivity index (χ0v) is 13.0. The highest BCUT2D eigenvalue weighted by molar-refractivity contribution is 7.90. The Labute approximate surface area is 126 Å². The number of hydrogen-bond donors (Lipinski definition) is 1. The molecule has 21 heavy (non-hydrogen) atoms. The molecule has 0 heterocycles. The number of aryl methyl sites for hydroxylation is 1. The second-order valence-electron chi connectivity index (χ2n) is 6.20. The third-order valence-corrected chi connectivity index (χ3v) is 6.24. The minimum atomic E-state index is -3.76. The summed E-state index contributed by atoms with van der Waals surface area (Å²) in [5.41, 5.74) is 0.740. The van der Waals surface area contributed by atoms with E-state index >= 15 is 0 Å². The molecular formula is C16H21NO3S. The average molecular weight is 307 g/mol. The average Bonchev–Trinajstić information content (AvgIpc) is 3.25. The molecule has 0 radical (unpaired) electrons. The van der Waals surface area contributed by atoms with Gasteiger partial charge in [0.05, 0.1) is 4.90 Å². The van der Waals surface area contributed by atoms with E-state index < -0.39 is 10.0 Å². The van der Waals surface area contributed by atoms with Crippen molar-refractivity contribution < 1.29 is 13.2 Å². The van der Waals surface area contributed by atoms with Crippen LogP contribution in [0.5, 0.6) is 0 Å². The van der Waals surface area contributed by atoms with E-state index in [1.54, 1.807) is 18.2 Å². The highest BCUT2D eigenvalue weighted by Crippen LogP contribution is 2.51. The molecule has 1 aromatic carbocycles. The fourth-order valence-corrected chi connectivity index (χ4v) is 4.77. The molecule has 0 spiro atoms. The third-order valence-electron chi connectivity index (χ3n) is 4.79. The van der Waals surface area contributed by atoms with Crippen molar-refractivity contribution in [1.29, 1.82) is 0 Å². The Morgan fingerprint density at radius 3 is 2.67 bits per heavy atom. The van der Waals surface area contributed by atoms with Crippen molar-refractivity contribution in [3.63, 3.8) is 0 Å². The smallest absolute Gasteiger partial charge is 0.264 e. The van der Waals surface area contributed by atoms with Gasteiger partial charge in [0.2, 0.25) is 5.91 Å². The van der Waals surface area contributed by atoms with Crippen molar-refractivity contribution in [1.82, 2.24) is 4.72 Å². The molecule has 0 aliphatic heterocycles. The monoisotopic (exact) mass is 307 g/mol. The maximum absolute atomic E-state index is 12.4. The van der Waals surface area contributed by atoms with E-state index in [0.717, 1.165) is 30.7 Å². The van der Waals surface area contributed by atoms with Crippen molar-refractivity contribution in [2.45, 2.75) is 43.9 Å². The largest absolute Gasteiger partial charge is 0.274 e. The first-order valence-corrected chi connectivity index (χ1v) is 9.14. The fourth-order valence-electron chi connectivity index (χ4n) is 3.42.